The number of aryl methyl sites for hydroxylation is 2. The Morgan fingerprint density at radius 2 is 2.17 bits per heavy atom. The van der Waals surface area contributed by atoms with Gasteiger partial charge in [-0.15, -0.1) is 12.6 Å². The van der Waals surface area contributed by atoms with E-state index in [9.17, 15) is 10.1 Å². The van der Waals surface area contributed by atoms with Crippen molar-refractivity contribution in [2.75, 3.05) is 0 Å². The largest absolute Gasteiger partial charge is 0.288 e. The maximum absolute atomic E-state index is 10.5. The molecule has 1 aromatic rings. The van der Waals surface area contributed by atoms with Crippen LogP contribution in [0.5, 0.6) is 0 Å². The number of thiol groups is 1. The molecule has 0 aliphatic rings. The zero-order valence-electron chi connectivity index (χ0n) is 6.74. The first kappa shape index (κ1) is 8.99. The number of hydrogen-bond donors (Lipinski definition) is 1. The normalized spacial score (nSPS) is 9.92. The molecule has 1 aromatic heterocycles. The van der Waals surface area contributed by atoms with Crippen LogP contribution >= 0.6 is 12.6 Å². The van der Waals surface area contributed by atoms with Gasteiger partial charge < -0.3 is 0 Å². The van der Waals surface area contributed by atoms with E-state index in [1.807, 2.05) is 0 Å². The van der Waals surface area contributed by atoms with Gasteiger partial charge in [0.15, 0.2) is 0 Å². The van der Waals surface area contributed by atoms with Crippen LogP contribution < -0.4 is 0 Å². The fourth-order valence-electron chi connectivity index (χ4n) is 0.905. The van der Waals surface area contributed by atoms with Gasteiger partial charge in [0.25, 0.3) is 5.69 Å². The van der Waals surface area contributed by atoms with E-state index in [1.165, 1.54) is 6.20 Å². The quantitative estimate of drug-likeness (QED) is 0.412. The number of rotatable bonds is 1. The molecule has 0 N–H and O–H groups in total. The minimum Gasteiger partial charge on any atom is -0.260 e. The topological polar surface area (TPSA) is 56.0 Å². The van der Waals surface area contributed by atoms with Crippen LogP contribution in [0.2, 0.25) is 0 Å². The third-order valence-electron chi connectivity index (χ3n) is 1.57. The number of pyridine rings is 1. The molecule has 0 saturated carbocycles. The van der Waals surface area contributed by atoms with Gasteiger partial charge in [-0.1, -0.05) is 0 Å². The SMILES string of the molecule is Cc1cnc(C)c(S)c1[N+](=O)[O-]. The van der Waals surface area contributed by atoms with Crippen LogP contribution in [0.3, 0.4) is 0 Å². The van der Waals surface area contributed by atoms with Gasteiger partial charge in [0.05, 0.1) is 10.6 Å². The summed E-state index contributed by atoms with van der Waals surface area (Å²) in [6, 6.07) is 0. The summed E-state index contributed by atoms with van der Waals surface area (Å²) < 4.78 is 0. The summed E-state index contributed by atoms with van der Waals surface area (Å²) in [6.45, 7) is 3.33. The van der Waals surface area contributed by atoms with Gasteiger partial charge in [0, 0.05) is 11.8 Å². The lowest BCUT2D eigenvalue weighted by molar-refractivity contribution is -0.388. The lowest BCUT2D eigenvalue weighted by Gasteiger charge is -2.01. The fourth-order valence-corrected chi connectivity index (χ4v) is 1.22. The number of nitrogens with zero attached hydrogens (tertiary/aromatic N) is 2. The molecule has 0 amide bonds. The van der Waals surface area contributed by atoms with E-state index >= 15 is 0 Å². The van der Waals surface area contributed by atoms with Gasteiger partial charge in [0.1, 0.15) is 4.90 Å². The molecule has 12 heavy (non-hydrogen) atoms. The van der Waals surface area contributed by atoms with E-state index in [2.05, 4.69) is 17.6 Å². The van der Waals surface area contributed by atoms with E-state index in [0.717, 1.165) is 0 Å². The van der Waals surface area contributed by atoms with E-state index in [0.29, 0.717) is 16.2 Å². The minimum absolute atomic E-state index is 0.0471. The summed E-state index contributed by atoms with van der Waals surface area (Å²) >= 11 is 4.02. The molecule has 0 bridgehead atoms. The lowest BCUT2D eigenvalue weighted by Crippen LogP contribution is -1.96. The number of aromatic nitrogens is 1. The second kappa shape index (κ2) is 3.10. The van der Waals surface area contributed by atoms with Crippen molar-refractivity contribution < 1.29 is 4.92 Å². The molecule has 0 aliphatic heterocycles. The molecule has 1 heterocycles. The van der Waals surface area contributed by atoms with Crippen LogP contribution in [0, 0.1) is 24.0 Å². The van der Waals surface area contributed by atoms with Crippen LogP contribution in [0.25, 0.3) is 0 Å². The molecule has 0 unspecified atom stereocenters. The molecule has 1 rings (SSSR count). The van der Waals surface area contributed by atoms with Crippen LogP contribution in [0.1, 0.15) is 11.3 Å². The first-order chi connectivity index (χ1) is 5.54. The van der Waals surface area contributed by atoms with Gasteiger partial charge in [0.2, 0.25) is 0 Å². The van der Waals surface area contributed by atoms with Crippen LogP contribution in [0.15, 0.2) is 11.1 Å². The van der Waals surface area contributed by atoms with E-state index < -0.39 is 4.92 Å². The Morgan fingerprint density at radius 3 is 2.58 bits per heavy atom. The van der Waals surface area contributed by atoms with Crippen LogP contribution in [0.4, 0.5) is 5.69 Å². The van der Waals surface area contributed by atoms with Crippen molar-refractivity contribution >= 4 is 18.3 Å². The third-order valence-corrected chi connectivity index (χ3v) is 2.11. The van der Waals surface area contributed by atoms with Gasteiger partial charge in [-0.2, -0.15) is 0 Å². The van der Waals surface area contributed by atoms with Crippen molar-refractivity contribution in [2.24, 2.45) is 0 Å². The first-order valence-corrected chi connectivity index (χ1v) is 3.78. The molecule has 0 atom stereocenters. The minimum atomic E-state index is -0.438. The summed E-state index contributed by atoms with van der Waals surface area (Å²) in [5.74, 6) is 0. The summed E-state index contributed by atoms with van der Waals surface area (Å²) in [6.07, 6.45) is 1.48. The summed E-state index contributed by atoms with van der Waals surface area (Å²) in [5, 5.41) is 10.5. The Bertz CT molecular complexity index is 338. The third kappa shape index (κ3) is 1.40. The lowest BCUT2D eigenvalue weighted by atomic mass is 10.2. The first-order valence-electron chi connectivity index (χ1n) is 3.33. The highest BCUT2D eigenvalue weighted by atomic mass is 32.1. The predicted molar refractivity (Wildman–Crippen MR) is 47.6 cm³/mol. The van der Waals surface area contributed by atoms with Gasteiger partial charge in [-0.25, -0.2) is 0 Å². The number of nitro groups is 1. The number of hydrogen-bond acceptors (Lipinski definition) is 4. The smallest absolute Gasteiger partial charge is 0.260 e. The van der Waals surface area contributed by atoms with Gasteiger partial charge >= 0.3 is 0 Å². The van der Waals surface area contributed by atoms with Crippen molar-refractivity contribution in [2.45, 2.75) is 18.7 Å². The van der Waals surface area contributed by atoms with E-state index in [4.69, 9.17) is 0 Å². The van der Waals surface area contributed by atoms with Crippen LogP contribution in [-0.2, 0) is 0 Å². The summed E-state index contributed by atoms with van der Waals surface area (Å²) in [4.78, 5) is 14.4. The summed E-state index contributed by atoms with van der Waals surface area (Å²) in [7, 11) is 0. The second-order valence-electron chi connectivity index (χ2n) is 2.48. The van der Waals surface area contributed by atoms with E-state index in [-0.39, 0.29) is 5.69 Å². The summed E-state index contributed by atoms with van der Waals surface area (Å²) in [5.41, 5.74) is 1.16. The predicted octanol–water partition coefficient (Wildman–Crippen LogP) is 1.90. The second-order valence-corrected chi connectivity index (χ2v) is 2.93. The van der Waals surface area contributed by atoms with Crippen LogP contribution in [-0.4, -0.2) is 9.91 Å². The molecular formula is C7H8N2O2S. The van der Waals surface area contributed by atoms with E-state index in [1.54, 1.807) is 13.8 Å². The maximum Gasteiger partial charge on any atom is 0.288 e. The molecule has 0 saturated heterocycles. The fraction of sp³-hybridized carbons (Fsp3) is 0.286. The zero-order chi connectivity index (χ0) is 9.30. The molecule has 0 aliphatic carbocycles. The Kier molecular flexibility index (Phi) is 2.32. The molecule has 0 spiro atoms. The average Bonchev–Trinajstić information content (AvgIpc) is 1.97. The highest BCUT2D eigenvalue weighted by Crippen LogP contribution is 2.27. The Balaban J connectivity index is 3.43. The zero-order valence-corrected chi connectivity index (χ0v) is 7.63. The van der Waals surface area contributed by atoms with Crippen molar-refractivity contribution in [1.82, 2.24) is 4.98 Å². The average molecular weight is 184 g/mol. The highest BCUT2D eigenvalue weighted by molar-refractivity contribution is 7.80. The highest BCUT2D eigenvalue weighted by Gasteiger charge is 2.16. The molecule has 0 radical (unpaired) electrons. The van der Waals surface area contributed by atoms with Gasteiger partial charge in [-0.3, -0.25) is 15.1 Å². The molecule has 0 fully saturated rings. The monoisotopic (exact) mass is 184 g/mol. The Morgan fingerprint density at radius 1 is 1.58 bits per heavy atom. The van der Waals surface area contributed by atoms with Crippen molar-refractivity contribution in [3.05, 3.63) is 27.6 Å². The van der Waals surface area contributed by atoms with Crippen molar-refractivity contribution in [3.63, 3.8) is 0 Å². The maximum atomic E-state index is 10.5. The molecule has 4 nitrogen and oxygen atoms in total. The molecule has 5 heteroatoms. The van der Waals surface area contributed by atoms with Crippen molar-refractivity contribution in [1.29, 1.82) is 0 Å². The van der Waals surface area contributed by atoms with Crippen molar-refractivity contribution in [3.8, 4) is 0 Å². The molecule has 0 aromatic carbocycles. The Labute approximate surface area is 75.2 Å². The van der Waals surface area contributed by atoms with Gasteiger partial charge in [-0.05, 0) is 13.8 Å². The molecule has 64 valence electrons. The Hall–Kier alpha value is -1.10. The molecular weight excluding hydrogens is 176 g/mol. The standard InChI is InChI=1S/C7H8N2O2S/c1-4-3-8-5(2)7(12)6(4)9(10)11/h3,12H,1-2H3.